The van der Waals surface area contributed by atoms with E-state index < -0.39 is 26.4 Å². The maximum Gasteiger partial charge on any atom is 0.320 e. The van der Waals surface area contributed by atoms with Crippen molar-refractivity contribution in [3.05, 3.63) is 60.2 Å². The van der Waals surface area contributed by atoms with Crippen molar-refractivity contribution >= 4 is 27.5 Å². The highest BCUT2D eigenvalue weighted by molar-refractivity contribution is 7.92. The van der Waals surface area contributed by atoms with Gasteiger partial charge in [0, 0.05) is 31.4 Å². The predicted octanol–water partition coefficient (Wildman–Crippen LogP) is 3.12. The average Bonchev–Trinajstić information content (AvgIpc) is 3.72. The molecule has 0 bridgehead atoms. The number of benzene rings is 1. The largest absolute Gasteiger partial charge is 0.377 e. The number of hydrogen-bond donors (Lipinski definition) is 2. The van der Waals surface area contributed by atoms with Crippen LogP contribution < -0.4 is 15.5 Å². The van der Waals surface area contributed by atoms with Gasteiger partial charge in [-0.1, -0.05) is 0 Å². The number of carbonyl (C=O) groups excluding carboxylic acids is 1. The summed E-state index contributed by atoms with van der Waals surface area (Å²) in [7, 11) is -2.35. The fourth-order valence-electron chi connectivity index (χ4n) is 4.41. The van der Waals surface area contributed by atoms with Crippen molar-refractivity contribution in [2.24, 2.45) is 0 Å². The minimum Gasteiger partial charge on any atom is -0.377 e. The van der Waals surface area contributed by atoms with Gasteiger partial charge < -0.3 is 15.0 Å². The third-order valence-corrected chi connectivity index (χ3v) is 9.21. The van der Waals surface area contributed by atoms with E-state index in [1.165, 1.54) is 25.4 Å². The third-order valence-electron chi connectivity index (χ3n) is 6.67. The molecule has 2 aromatic heterocycles. The molecule has 5 rings (SSSR count). The molecule has 1 aliphatic heterocycles. The van der Waals surface area contributed by atoms with Gasteiger partial charge in [-0.3, -0.25) is 5.32 Å². The number of urea groups is 1. The summed E-state index contributed by atoms with van der Waals surface area (Å²) in [6.45, 7) is 3.67. The van der Waals surface area contributed by atoms with Crippen LogP contribution in [0.4, 0.5) is 20.8 Å². The molecule has 3 heterocycles. The Hall–Kier alpha value is -3.64. The molecule has 0 unspecified atom stereocenters. The minimum absolute atomic E-state index is 0.0328. The number of carbonyl (C=O) groups is 1. The molecular formula is C25H27FN6O4S. The molecule has 2 N–H and O–H groups in total. The first-order valence-electron chi connectivity index (χ1n) is 11.9. The second-order valence-corrected chi connectivity index (χ2v) is 11.4. The lowest BCUT2D eigenvalue weighted by molar-refractivity contribution is 0.0985. The monoisotopic (exact) mass is 526 g/mol. The highest BCUT2D eigenvalue weighted by Crippen LogP contribution is 2.55. The minimum atomic E-state index is -3.85. The maximum absolute atomic E-state index is 13.7. The number of nitrogens with zero attached hydrogens (tertiary/aromatic N) is 4. The number of aromatic nitrogens is 3. The number of sulfone groups is 1. The van der Waals surface area contributed by atoms with E-state index in [2.05, 4.69) is 20.5 Å². The fraction of sp³-hybridized carbons (Fsp3) is 0.360. The summed E-state index contributed by atoms with van der Waals surface area (Å²) >= 11 is 0. The van der Waals surface area contributed by atoms with Crippen LogP contribution in [-0.4, -0.2) is 62.2 Å². The molecule has 194 valence electrons. The number of pyridine rings is 1. The van der Waals surface area contributed by atoms with Crippen molar-refractivity contribution in [2.75, 3.05) is 37.0 Å². The number of ether oxygens (including phenoxy) is 1. The first-order valence-corrected chi connectivity index (χ1v) is 13.4. The van der Waals surface area contributed by atoms with Gasteiger partial charge in [-0.25, -0.2) is 32.6 Å². The van der Waals surface area contributed by atoms with Gasteiger partial charge in [0.1, 0.15) is 22.2 Å². The zero-order valence-electron chi connectivity index (χ0n) is 20.4. The molecule has 1 saturated carbocycles. The molecule has 2 amide bonds. The summed E-state index contributed by atoms with van der Waals surface area (Å²) in [5, 5.41) is 5.06. The average molecular weight is 527 g/mol. The summed E-state index contributed by atoms with van der Waals surface area (Å²) in [6, 6.07) is 9.60. The number of anilines is 2. The summed E-state index contributed by atoms with van der Waals surface area (Å²) in [4.78, 5) is 27.5. The molecule has 1 aliphatic carbocycles. The number of amides is 2. The van der Waals surface area contributed by atoms with Crippen LogP contribution in [0.1, 0.15) is 25.5 Å². The van der Waals surface area contributed by atoms with E-state index in [1.54, 1.807) is 18.2 Å². The van der Waals surface area contributed by atoms with Crippen LogP contribution in [0.5, 0.6) is 0 Å². The van der Waals surface area contributed by atoms with E-state index in [0.29, 0.717) is 61.3 Å². The van der Waals surface area contributed by atoms with Crippen molar-refractivity contribution in [1.82, 2.24) is 20.3 Å². The highest BCUT2D eigenvalue weighted by atomic mass is 32.2. The van der Waals surface area contributed by atoms with Crippen LogP contribution in [-0.2, 0) is 19.3 Å². The number of nitrogens with one attached hydrogen (secondary N) is 2. The first-order chi connectivity index (χ1) is 17.7. The molecule has 37 heavy (non-hydrogen) atoms. The van der Waals surface area contributed by atoms with E-state index >= 15 is 0 Å². The summed E-state index contributed by atoms with van der Waals surface area (Å²) < 4.78 is 45.3. The number of halogens is 1. The van der Waals surface area contributed by atoms with Crippen LogP contribution >= 0.6 is 0 Å². The first kappa shape index (κ1) is 25.0. The van der Waals surface area contributed by atoms with Gasteiger partial charge in [0.25, 0.3) is 0 Å². The topological polar surface area (TPSA) is 126 Å². The van der Waals surface area contributed by atoms with Gasteiger partial charge >= 0.3 is 6.03 Å². The van der Waals surface area contributed by atoms with Crippen molar-refractivity contribution in [3.8, 4) is 11.4 Å². The van der Waals surface area contributed by atoms with Gasteiger partial charge in [0.2, 0.25) is 0 Å². The molecule has 0 spiro atoms. The Bertz CT molecular complexity index is 1410. The van der Waals surface area contributed by atoms with Crippen LogP contribution in [0.3, 0.4) is 0 Å². The number of rotatable bonds is 6. The zero-order valence-corrected chi connectivity index (χ0v) is 21.3. The lowest BCUT2D eigenvalue weighted by Gasteiger charge is -2.34. The van der Waals surface area contributed by atoms with Gasteiger partial charge in [0.05, 0.1) is 29.8 Å². The normalized spacial score (nSPS) is 18.8. The van der Waals surface area contributed by atoms with Crippen LogP contribution in [0.2, 0.25) is 0 Å². The van der Waals surface area contributed by atoms with E-state index in [-0.39, 0.29) is 10.9 Å². The molecule has 2 fully saturated rings. The van der Waals surface area contributed by atoms with Gasteiger partial charge in [-0.15, -0.1) is 0 Å². The van der Waals surface area contributed by atoms with Gasteiger partial charge in [-0.2, -0.15) is 0 Å². The Labute approximate surface area is 214 Å². The van der Waals surface area contributed by atoms with E-state index in [1.807, 2.05) is 6.92 Å². The fourth-order valence-corrected chi connectivity index (χ4v) is 6.37. The number of morpholine rings is 1. The molecule has 1 saturated heterocycles. The Morgan fingerprint density at radius 3 is 2.54 bits per heavy atom. The van der Waals surface area contributed by atoms with Crippen LogP contribution in [0, 0.1) is 5.82 Å². The molecule has 3 aromatic rings. The van der Waals surface area contributed by atoms with Crippen molar-refractivity contribution in [1.29, 1.82) is 0 Å². The Morgan fingerprint density at radius 1 is 1.16 bits per heavy atom. The second-order valence-electron chi connectivity index (χ2n) is 9.14. The van der Waals surface area contributed by atoms with Crippen LogP contribution in [0.25, 0.3) is 11.4 Å². The smallest absolute Gasteiger partial charge is 0.320 e. The highest BCUT2D eigenvalue weighted by Gasteiger charge is 2.58. The molecular weight excluding hydrogens is 499 g/mol. The summed E-state index contributed by atoms with van der Waals surface area (Å²) in [5.74, 6) is 0.770. The Morgan fingerprint density at radius 2 is 1.92 bits per heavy atom. The standard InChI is InChI=1S/C25H27FN6O4S/c1-16-15-36-12-11-32(16)22-13-20(25(9-10-25)37(34,35)19-6-4-18(26)5-7-19)29-23(31-22)17-3-8-21(28-14-17)30-24(33)27-2/h3-8,13-14,16H,9-12,15H2,1-2H3,(H2,27,28,30,33)/t16-/m0/s1. The van der Waals surface area contributed by atoms with E-state index in [0.717, 1.165) is 12.1 Å². The molecule has 10 nitrogen and oxygen atoms in total. The molecule has 2 aliphatic rings. The van der Waals surface area contributed by atoms with Crippen molar-refractivity contribution < 1.29 is 22.3 Å². The molecule has 1 aromatic carbocycles. The van der Waals surface area contributed by atoms with E-state index in [9.17, 15) is 17.6 Å². The number of hydrogen-bond acceptors (Lipinski definition) is 8. The van der Waals surface area contributed by atoms with Crippen LogP contribution in [0.15, 0.2) is 53.6 Å². The van der Waals surface area contributed by atoms with Crippen molar-refractivity contribution in [2.45, 2.75) is 35.4 Å². The molecule has 0 radical (unpaired) electrons. The lowest BCUT2D eigenvalue weighted by atomic mass is 10.2. The summed E-state index contributed by atoms with van der Waals surface area (Å²) in [6.07, 6.45) is 2.33. The quantitative estimate of drug-likeness (QED) is 0.469. The second kappa shape index (κ2) is 9.67. The lowest BCUT2D eigenvalue weighted by Crippen LogP contribution is -2.44. The summed E-state index contributed by atoms with van der Waals surface area (Å²) in [5.41, 5.74) is 0.963. The van der Waals surface area contributed by atoms with Crippen molar-refractivity contribution in [3.63, 3.8) is 0 Å². The molecule has 12 heteroatoms. The van der Waals surface area contributed by atoms with Gasteiger partial charge in [0.15, 0.2) is 15.7 Å². The zero-order chi connectivity index (χ0) is 26.2. The molecule has 1 atom stereocenters. The SMILES string of the molecule is CNC(=O)Nc1ccc(-c2nc(N3CCOC[C@@H]3C)cc(C3(S(=O)(=O)c4ccc(F)cc4)CC3)n2)cn1. The maximum atomic E-state index is 13.7. The van der Waals surface area contributed by atoms with E-state index in [4.69, 9.17) is 14.7 Å². The third kappa shape index (κ3) is 4.74. The van der Waals surface area contributed by atoms with Gasteiger partial charge in [-0.05, 0) is 56.2 Å². The Balaban J connectivity index is 1.59. The predicted molar refractivity (Wildman–Crippen MR) is 135 cm³/mol. The Kier molecular flexibility index (Phi) is 6.54.